The smallest absolute Gasteiger partial charge is 0.135 e. The fourth-order valence-electron chi connectivity index (χ4n) is 3.77. The summed E-state index contributed by atoms with van der Waals surface area (Å²) in [6.45, 7) is 9.08. The van der Waals surface area contributed by atoms with Crippen LogP contribution in [0.3, 0.4) is 0 Å². The highest BCUT2D eigenvalue weighted by molar-refractivity contribution is 5.50. The van der Waals surface area contributed by atoms with Crippen LogP contribution in [-0.2, 0) is 26.4 Å². The number of hydrogen-bond acceptors (Lipinski definition) is 6. The van der Waals surface area contributed by atoms with Crippen molar-refractivity contribution in [1.82, 2.24) is 29.7 Å². The van der Waals surface area contributed by atoms with Crippen molar-refractivity contribution in [2.24, 2.45) is 7.05 Å². The number of rotatable bonds is 3. The first-order valence-electron chi connectivity index (χ1n) is 9.21. The lowest BCUT2D eigenvalue weighted by Gasteiger charge is -2.36. The van der Waals surface area contributed by atoms with Crippen LogP contribution in [0.2, 0.25) is 0 Å². The first kappa shape index (κ1) is 16.5. The van der Waals surface area contributed by atoms with Crippen molar-refractivity contribution in [3.8, 4) is 0 Å². The Labute approximate surface area is 149 Å². The molecular formula is C18H27N7. The first-order valence-corrected chi connectivity index (χ1v) is 9.21. The van der Waals surface area contributed by atoms with Gasteiger partial charge in [-0.05, 0) is 19.9 Å². The van der Waals surface area contributed by atoms with Gasteiger partial charge in [-0.15, -0.1) is 0 Å². The molecule has 2 aromatic heterocycles. The van der Waals surface area contributed by atoms with Crippen LogP contribution < -0.4 is 10.2 Å². The molecule has 1 fully saturated rings. The molecule has 134 valence electrons. The van der Waals surface area contributed by atoms with Crippen LogP contribution in [0.5, 0.6) is 0 Å². The number of nitrogens with one attached hydrogen (secondary N) is 1. The van der Waals surface area contributed by atoms with Crippen molar-refractivity contribution in [3.63, 3.8) is 0 Å². The van der Waals surface area contributed by atoms with Gasteiger partial charge in [0.25, 0.3) is 0 Å². The maximum atomic E-state index is 4.82. The minimum atomic E-state index is 0.895. The van der Waals surface area contributed by atoms with E-state index in [9.17, 15) is 0 Å². The zero-order valence-corrected chi connectivity index (χ0v) is 15.2. The molecule has 25 heavy (non-hydrogen) atoms. The largest absolute Gasteiger partial charge is 0.354 e. The van der Waals surface area contributed by atoms with Gasteiger partial charge >= 0.3 is 0 Å². The molecule has 0 bridgehead atoms. The predicted octanol–water partition coefficient (Wildman–Crippen LogP) is 0.529. The fraction of sp³-hybridized carbons (Fsp3) is 0.611. The molecule has 0 atom stereocenters. The van der Waals surface area contributed by atoms with Crippen LogP contribution >= 0.6 is 0 Å². The van der Waals surface area contributed by atoms with Crippen LogP contribution in [0, 0.1) is 6.92 Å². The van der Waals surface area contributed by atoms with E-state index in [1.165, 1.54) is 17.1 Å². The van der Waals surface area contributed by atoms with Crippen LogP contribution in [0.25, 0.3) is 0 Å². The zero-order chi connectivity index (χ0) is 17.2. The number of aryl methyl sites for hydroxylation is 2. The van der Waals surface area contributed by atoms with Gasteiger partial charge in [0.1, 0.15) is 17.5 Å². The highest BCUT2D eigenvalue weighted by Crippen LogP contribution is 2.24. The standard InChI is InChI=1S/C18H27N7/c1-14-21-16-4-6-19-5-3-15(16)18(22-14)25-11-9-24(10-12-25)13-17-20-7-8-23(17)2/h7-8,19H,3-6,9-13H2,1-2H3. The molecule has 0 amide bonds. The second kappa shape index (κ2) is 7.09. The maximum Gasteiger partial charge on any atom is 0.135 e. The van der Waals surface area contributed by atoms with Gasteiger partial charge in [0.2, 0.25) is 0 Å². The molecule has 0 aliphatic carbocycles. The topological polar surface area (TPSA) is 62.1 Å². The second-order valence-corrected chi connectivity index (χ2v) is 6.99. The van der Waals surface area contributed by atoms with Crippen molar-refractivity contribution in [1.29, 1.82) is 0 Å². The van der Waals surface area contributed by atoms with E-state index >= 15 is 0 Å². The van der Waals surface area contributed by atoms with Gasteiger partial charge in [0, 0.05) is 64.1 Å². The Kier molecular flexibility index (Phi) is 4.67. The third-order valence-electron chi connectivity index (χ3n) is 5.23. The third-order valence-corrected chi connectivity index (χ3v) is 5.23. The number of aromatic nitrogens is 4. The summed E-state index contributed by atoms with van der Waals surface area (Å²) in [5.41, 5.74) is 2.59. The summed E-state index contributed by atoms with van der Waals surface area (Å²) in [6, 6.07) is 0. The molecule has 2 aliphatic rings. The molecular weight excluding hydrogens is 314 g/mol. The molecule has 7 nitrogen and oxygen atoms in total. The Balaban J connectivity index is 1.47. The number of piperazine rings is 1. The lowest BCUT2D eigenvalue weighted by atomic mass is 10.1. The van der Waals surface area contributed by atoms with E-state index in [1.54, 1.807) is 0 Å². The van der Waals surface area contributed by atoms with E-state index in [0.29, 0.717) is 0 Å². The third kappa shape index (κ3) is 3.52. The summed E-state index contributed by atoms with van der Waals surface area (Å²) in [5.74, 6) is 3.19. The summed E-state index contributed by atoms with van der Waals surface area (Å²) in [7, 11) is 2.06. The summed E-state index contributed by atoms with van der Waals surface area (Å²) < 4.78 is 2.10. The monoisotopic (exact) mass is 341 g/mol. The average Bonchev–Trinajstić information content (AvgIpc) is 2.87. The summed E-state index contributed by atoms with van der Waals surface area (Å²) in [5, 5.41) is 3.48. The molecule has 4 heterocycles. The van der Waals surface area contributed by atoms with E-state index in [2.05, 4.69) is 31.7 Å². The molecule has 2 aromatic rings. The van der Waals surface area contributed by atoms with E-state index in [1.807, 2.05) is 19.3 Å². The van der Waals surface area contributed by atoms with Crippen molar-refractivity contribution in [2.45, 2.75) is 26.3 Å². The molecule has 0 unspecified atom stereocenters. The van der Waals surface area contributed by atoms with Crippen LogP contribution in [0.4, 0.5) is 5.82 Å². The summed E-state index contributed by atoms with van der Waals surface area (Å²) >= 11 is 0. The van der Waals surface area contributed by atoms with E-state index < -0.39 is 0 Å². The first-order chi connectivity index (χ1) is 12.2. The highest BCUT2D eigenvalue weighted by atomic mass is 15.3. The van der Waals surface area contributed by atoms with Crippen molar-refractivity contribution >= 4 is 5.82 Å². The number of anilines is 1. The van der Waals surface area contributed by atoms with Crippen molar-refractivity contribution < 1.29 is 0 Å². The minimum Gasteiger partial charge on any atom is -0.354 e. The Morgan fingerprint density at radius 1 is 1.08 bits per heavy atom. The van der Waals surface area contributed by atoms with Gasteiger partial charge in [0.15, 0.2) is 0 Å². The molecule has 0 saturated carbocycles. The zero-order valence-electron chi connectivity index (χ0n) is 15.2. The van der Waals surface area contributed by atoms with Gasteiger partial charge < -0.3 is 14.8 Å². The van der Waals surface area contributed by atoms with Gasteiger partial charge in [-0.1, -0.05) is 0 Å². The molecule has 0 radical (unpaired) electrons. The SMILES string of the molecule is Cc1nc2c(c(N3CCN(Cc4nccn4C)CC3)n1)CCNCC2. The van der Waals surface area contributed by atoms with Gasteiger partial charge in [-0.25, -0.2) is 15.0 Å². The van der Waals surface area contributed by atoms with Crippen LogP contribution in [0.15, 0.2) is 12.4 Å². The van der Waals surface area contributed by atoms with E-state index in [-0.39, 0.29) is 0 Å². The Morgan fingerprint density at radius 2 is 1.88 bits per heavy atom. The quantitative estimate of drug-likeness (QED) is 0.879. The number of imidazole rings is 1. The summed E-state index contributed by atoms with van der Waals surface area (Å²) in [6.07, 6.45) is 5.92. The summed E-state index contributed by atoms with van der Waals surface area (Å²) in [4.78, 5) is 18.9. The lowest BCUT2D eigenvalue weighted by molar-refractivity contribution is 0.241. The number of nitrogens with zero attached hydrogens (tertiary/aromatic N) is 6. The maximum absolute atomic E-state index is 4.82. The molecule has 2 aliphatic heterocycles. The molecule has 7 heteroatoms. The molecule has 1 N–H and O–H groups in total. The van der Waals surface area contributed by atoms with E-state index in [0.717, 1.165) is 70.3 Å². The highest BCUT2D eigenvalue weighted by Gasteiger charge is 2.24. The average molecular weight is 341 g/mol. The van der Waals surface area contributed by atoms with Crippen LogP contribution in [-0.4, -0.2) is 63.7 Å². The minimum absolute atomic E-state index is 0.895. The molecule has 0 aromatic carbocycles. The Hall–Kier alpha value is -1.99. The fourth-order valence-corrected chi connectivity index (χ4v) is 3.77. The molecule has 4 rings (SSSR count). The van der Waals surface area contributed by atoms with E-state index in [4.69, 9.17) is 9.97 Å². The van der Waals surface area contributed by atoms with Gasteiger partial charge in [-0.2, -0.15) is 0 Å². The Bertz CT molecular complexity index is 731. The van der Waals surface area contributed by atoms with Crippen molar-refractivity contribution in [2.75, 3.05) is 44.2 Å². The lowest BCUT2D eigenvalue weighted by Crippen LogP contribution is -2.47. The van der Waals surface area contributed by atoms with Crippen LogP contribution in [0.1, 0.15) is 22.9 Å². The number of hydrogen-bond donors (Lipinski definition) is 1. The van der Waals surface area contributed by atoms with Crippen molar-refractivity contribution in [3.05, 3.63) is 35.3 Å². The normalized spacial score (nSPS) is 18.9. The van der Waals surface area contributed by atoms with Gasteiger partial charge in [0.05, 0.1) is 12.2 Å². The molecule has 1 saturated heterocycles. The Morgan fingerprint density at radius 3 is 2.64 bits per heavy atom. The number of fused-ring (bicyclic) bond motifs is 1. The molecule has 0 spiro atoms. The predicted molar refractivity (Wildman–Crippen MR) is 97.7 cm³/mol. The van der Waals surface area contributed by atoms with Gasteiger partial charge in [-0.3, -0.25) is 4.90 Å². The second-order valence-electron chi connectivity index (χ2n) is 6.99.